The number of hydrogen-bond acceptors (Lipinski definition) is 3. The smallest absolute Gasteiger partial charge is 0.306 e. The third-order valence-corrected chi connectivity index (χ3v) is 8.83. The van der Waals surface area contributed by atoms with Crippen molar-refractivity contribution in [1.29, 1.82) is 0 Å². The second-order valence-corrected chi connectivity index (χ2v) is 13.1. The molecule has 0 aliphatic carbocycles. The van der Waals surface area contributed by atoms with Crippen molar-refractivity contribution in [2.24, 2.45) is 0 Å². The van der Waals surface area contributed by atoms with Gasteiger partial charge in [-0.25, -0.2) is 0 Å². The van der Waals surface area contributed by atoms with Crippen LogP contribution in [0.25, 0.3) is 0 Å². The highest BCUT2D eigenvalue weighted by molar-refractivity contribution is 5.69. The molecule has 0 aromatic carbocycles. The highest BCUT2D eigenvalue weighted by atomic mass is 16.5. The van der Waals surface area contributed by atoms with Crippen LogP contribution in [0.4, 0.5) is 0 Å². The van der Waals surface area contributed by atoms with Gasteiger partial charge in [0.1, 0.15) is 6.10 Å². The average Bonchev–Trinajstić information content (AvgIpc) is 2.97. The van der Waals surface area contributed by atoms with Gasteiger partial charge < -0.3 is 9.84 Å². The summed E-state index contributed by atoms with van der Waals surface area (Å²) in [7, 11) is 0. The molecule has 0 bridgehead atoms. The number of aliphatic carboxylic acids is 1. The van der Waals surface area contributed by atoms with Crippen molar-refractivity contribution >= 4 is 11.9 Å². The number of ether oxygens (including phenoxy) is 1. The van der Waals surface area contributed by atoms with Gasteiger partial charge in [-0.2, -0.15) is 0 Å². The number of hydrogen-bond donors (Lipinski definition) is 1. The van der Waals surface area contributed by atoms with Gasteiger partial charge in [0.2, 0.25) is 0 Å². The Morgan fingerprint density at radius 3 is 1.05 bits per heavy atom. The summed E-state index contributed by atoms with van der Waals surface area (Å²) in [5.41, 5.74) is 0. The summed E-state index contributed by atoms with van der Waals surface area (Å²) in [4.78, 5) is 23.3. The zero-order chi connectivity index (χ0) is 30.8. The molecule has 0 aliphatic rings. The molecule has 0 aliphatic heterocycles. The van der Waals surface area contributed by atoms with Crippen molar-refractivity contribution < 1.29 is 19.4 Å². The van der Waals surface area contributed by atoms with Gasteiger partial charge in [0.25, 0.3) is 0 Å². The fourth-order valence-corrected chi connectivity index (χ4v) is 6.01. The Kier molecular flexibility index (Phi) is 33.6. The third-order valence-electron chi connectivity index (χ3n) is 8.83. The quantitative estimate of drug-likeness (QED) is 0.0585. The van der Waals surface area contributed by atoms with Crippen molar-refractivity contribution in [3.63, 3.8) is 0 Å². The van der Waals surface area contributed by atoms with E-state index in [4.69, 9.17) is 9.84 Å². The number of carbonyl (C=O) groups excluding carboxylic acids is 1. The molecule has 0 fully saturated rings. The second-order valence-electron chi connectivity index (χ2n) is 13.1. The van der Waals surface area contributed by atoms with E-state index in [1.165, 1.54) is 135 Å². The normalized spacial score (nSPS) is 12.0. The van der Waals surface area contributed by atoms with E-state index in [0.717, 1.165) is 64.2 Å². The summed E-state index contributed by atoms with van der Waals surface area (Å²) in [6.45, 7) is 4.55. The summed E-state index contributed by atoms with van der Waals surface area (Å²) in [6.07, 6.45) is 39.8. The molecule has 42 heavy (non-hydrogen) atoms. The Bertz CT molecular complexity index is 561. The van der Waals surface area contributed by atoms with E-state index in [2.05, 4.69) is 13.8 Å². The molecule has 0 saturated carbocycles. The van der Waals surface area contributed by atoms with Crippen LogP contribution in [-0.4, -0.2) is 23.1 Å². The van der Waals surface area contributed by atoms with Crippen LogP contribution in [0.15, 0.2) is 0 Å². The summed E-state index contributed by atoms with van der Waals surface area (Å²) < 4.78 is 6.00. The first-order valence-corrected chi connectivity index (χ1v) is 19.0. The molecule has 0 heterocycles. The molecule has 4 nitrogen and oxygen atoms in total. The number of unbranched alkanes of at least 4 members (excludes halogenated alkanes) is 26. The van der Waals surface area contributed by atoms with E-state index in [1.54, 1.807) is 0 Å². The van der Waals surface area contributed by atoms with E-state index >= 15 is 0 Å². The van der Waals surface area contributed by atoms with E-state index in [1.807, 2.05) is 0 Å². The number of carboxylic acids is 1. The van der Waals surface area contributed by atoms with E-state index < -0.39 is 5.97 Å². The molecule has 0 spiro atoms. The van der Waals surface area contributed by atoms with Crippen LogP contribution >= 0.6 is 0 Å². The Morgan fingerprint density at radius 1 is 0.429 bits per heavy atom. The molecule has 250 valence electrons. The van der Waals surface area contributed by atoms with Gasteiger partial charge in [-0.15, -0.1) is 0 Å². The van der Waals surface area contributed by atoms with Gasteiger partial charge in [-0.1, -0.05) is 174 Å². The first-order valence-electron chi connectivity index (χ1n) is 19.0. The molecule has 0 amide bonds. The minimum absolute atomic E-state index is 0.0166. The first-order chi connectivity index (χ1) is 20.6. The van der Waals surface area contributed by atoms with Crippen LogP contribution in [0.3, 0.4) is 0 Å². The zero-order valence-corrected chi connectivity index (χ0v) is 28.6. The fourth-order valence-electron chi connectivity index (χ4n) is 6.01. The number of carbonyl (C=O) groups is 2. The first kappa shape index (κ1) is 40.9. The molecule has 0 radical (unpaired) electrons. The van der Waals surface area contributed by atoms with E-state index in [-0.39, 0.29) is 18.5 Å². The van der Waals surface area contributed by atoms with Gasteiger partial charge in [0.05, 0.1) is 0 Å². The molecule has 0 aromatic heterocycles. The maximum atomic E-state index is 12.6. The number of rotatable bonds is 35. The maximum Gasteiger partial charge on any atom is 0.306 e. The molecule has 0 saturated heterocycles. The molecular formula is C38H74O4. The minimum Gasteiger partial charge on any atom is -0.481 e. The summed E-state index contributed by atoms with van der Waals surface area (Å²) in [5.74, 6) is -0.673. The van der Waals surface area contributed by atoms with Crippen molar-refractivity contribution in [2.45, 2.75) is 232 Å². The van der Waals surface area contributed by atoms with Crippen LogP contribution in [0, 0.1) is 0 Å². The minimum atomic E-state index is -0.690. The summed E-state index contributed by atoms with van der Waals surface area (Å²) in [5, 5.41) is 8.76. The number of carboxylic acid groups (broad SMARTS) is 1. The molecule has 1 unspecified atom stereocenters. The van der Waals surface area contributed by atoms with Crippen LogP contribution in [0.5, 0.6) is 0 Å². The average molecular weight is 595 g/mol. The lowest BCUT2D eigenvalue weighted by molar-refractivity contribution is -0.150. The van der Waals surface area contributed by atoms with Crippen LogP contribution in [0.2, 0.25) is 0 Å². The van der Waals surface area contributed by atoms with Crippen LogP contribution < -0.4 is 0 Å². The van der Waals surface area contributed by atoms with Gasteiger partial charge in [-0.05, 0) is 38.5 Å². The summed E-state index contributed by atoms with van der Waals surface area (Å²) in [6, 6.07) is 0. The number of esters is 1. The molecule has 1 N–H and O–H groups in total. The monoisotopic (exact) mass is 595 g/mol. The molecule has 4 heteroatoms. The lowest BCUT2D eigenvalue weighted by Crippen LogP contribution is -2.18. The fraction of sp³-hybridized carbons (Fsp3) is 0.947. The van der Waals surface area contributed by atoms with Crippen molar-refractivity contribution in [2.75, 3.05) is 0 Å². The van der Waals surface area contributed by atoms with E-state index in [9.17, 15) is 9.59 Å². The van der Waals surface area contributed by atoms with Crippen molar-refractivity contribution in [1.82, 2.24) is 0 Å². The van der Waals surface area contributed by atoms with Gasteiger partial charge in [0, 0.05) is 12.8 Å². The lowest BCUT2D eigenvalue weighted by atomic mass is 10.0. The van der Waals surface area contributed by atoms with Gasteiger partial charge >= 0.3 is 11.9 Å². The Balaban J connectivity index is 3.93. The SMILES string of the molecule is CCCCCCCCCCCCCCCCCC(=O)OC(CCCCCCCCCC)CCCCCCCCC(=O)O. The van der Waals surface area contributed by atoms with Crippen molar-refractivity contribution in [3.8, 4) is 0 Å². The Labute approximate surface area is 262 Å². The van der Waals surface area contributed by atoms with Gasteiger partial charge in [0.15, 0.2) is 0 Å². The lowest BCUT2D eigenvalue weighted by Gasteiger charge is -2.18. The highest BCUT2D eigenvalue weighted by Gasteiger charge is 2.14. The van der Waals surface area contributed by atoms with Crippen molar-refractivity contribution in [3.05, 3.63) is 0 Å². The Hall–Kier alpha value is -1.06. The summed E-state index contributed by atoms with van der Waals surface area (Å²) >= 11 is 0. The standard InChI is InChI=1S/C38H74O4/c1-3-5-7-9-11-13-14-15-16-17-18-19-21-27-31-35-38(41)42-36(32-28-24-20-12-10-8-6-4-2)33-29-25-22-23-26-30-34-37(39)40/h36H,3-35H2,1-2H3,(H,39,40). The van der Waals surface area contributed by atoms with Crippen LogP contribution in [0.1, 0.15) is 226 Å². The predicted octanol–water partition coefficient (Wildman–Crippen LogP) is 12.9. The third kappa shape index (κ3) is 33.4. The molecule has 0 aromatic rings. The maximum absolute atomic E-state index is 12.6. The predicted molar refractivity (Wildman–Crippen MR) is 181 cm³/mol. The molecule has 1 atom stereocenters. The van der Waals surface area contributed by atoms with E-state index in [0.29, 0.717) is 6.42 Å². The molecule has 0 rings (SSSR count). The largest absolute Gasteiger partial charge is 0.481 e. The van der Waals surface area contributed by atoms with Gasteiger partial charge in [-0.3, -0.25) is 9.59 Å². The topological polar surface area (TPSA) is 63.6 Å². The molecular weight excluding hydrogens is 520 g/mol. The van der Waals surface area contributed by atoms with Crippen LogP contribution in [-0.2, 0) is 14.3 Å². The Morgan fingerprint density at radius 2 is 0.714 bits per heavy atom. The zero-order valence-electron chi connectivity index (χ0n) is 28.6. The highest BCUT2D eigenvalue weighted by Crippen LogP contribution is 2.19. The second kappa shape index (κ2) is 34.4.